The van der Waals surface area contributed by atoms with Gasteiger partial charge in [-0.05, 0) is 18.9 Å². The van der Waals surface area contributed by atoms with Crippen LogP contribution < -0.4 is 0 Å². The van der Waals surface area contributed by atoms with Gasteiger partial charge < -0.3 is 9.47 Å². The Hall–Kier alpha value is -0.340. The Morgan fingerprint density at radius 2 is 1.83 bits per heavy atom. The summed E-state index contributed by atoms with van der Waals surface area (Å²) in [5, 5.41) is 0. The largest absolute Gasteiger partial charge is 0.346 e. The fraction of sp³-hybridized carbons (Fsp3) is 0.800. The van der Waals surface area contributed by atoms with Crippen LogP contribution in [0.4, 0.5) is 0 Å². The lowest BCUT2D eigenvalue weighted by Gasteiger charge is -2.40. The highest BCUT2D eigenvalue weighted by Crippen LogP contribution is 2.33. The zero-order valence-corrected chi connectivity index (χ0v) is 8.22. The fourth-order valence-corrected chi connectivity index (χ4v) is 1.62. The van der Waals surface area contributed by atoms with Crippen LogP contribution in [0.15, 0.2) is 12.2 Å². The molecule has 0 spiro atoms. The van der Waals surface area contributed by atoms with Crippen molar-refractivity contribution in [3.8, 4) is 0 Å². The second kappa shape index (κ2) is 3.58. The molecule has 0 radical (unpaired) electrons. The van der Waals surface area contributed by atoms with Crippen molar-refractivity contribution in [2.24, 2.45) is 5.92 Å². The van der Waals surface area contributed by atoms with E-state index in [4.69, 9.17) is 9.47 Å². The van der Waals surface area contributed by atoms with Crippen molar-refractivity contribution in [3.63, 3.8) is 0 Å². The van der Waals surface area contributed by atoms with Crippen LogP contribution >= 0.6 is 0 Å². The number of ether oxygens (including phenoxy) is 2. The molecule has 0 bridgehead atoms. The number of hydrogen-bond acceptors (Lipinski definition) is 2. The van der Waals surface area contributed by atoms with Gasteiger partial charge in [-0.1, -0.05) is 20.4 Å². The van der Waals surface area contributed by atoms with Gasteiger partial charge in [0.1, 0.15) is 0 Å². The van der Waals surface area contributed by atoms with Gasteiger partial charge in [-0.15, -0.1) is 0 Å². The van der Waals surface area contributed by atoms with E-state index in [1.807, 2.05) is 6.92 Å². The van der Waals surface area contributed by atoms with Gasteiger partial charge in [-0.2, -0.15) is 0 Å². The van der Waals surface area contributed by atoms with Gasteiger partial charge in [-0.3, -0.25) is 0 Å². The molecular weight excluding hydrogens is 152 g/mol. The predicted molar refractivity (Wildman–Crippen MR) is 48.9 cm³/mol. The minimum absolute atomic E-state index is 0.329. The molecule has 0 aliphatic carbocycles. The molecular formula is C10H18O2. The van der Waals surface area contributed by atoms with Crippen molar-refractivity contribution >= 4 is 0 Å². The lowest BCUT2D eigenvalue weighted by molar-refractivity contribution is -0.264. The summed E-state index contributed by atoms with van der Waals surface area (Å²) in [6, 6.07) is 0. The number of rotatable bonds is 2. The Bertz CT molecular complexity index is 167. The molecule has 2 heteroatoms. The average Bonchev–Trinajstić information content (AvgIpc) is 2.05. The summed E-state index contributed by atoms with van der Waals surface area (Å²) in [5.74, 6) is -0.187. The van der Waals surface area contributed by atoms with Crippen molar-refractivity contribution in [1.82, 2.24) is 0 Å². The highest BCUT2D eigenvalue weighted by molar-refractivity contribution is 5.07. The molecule has 0 unspecified atom stereocenters. The maximum Gasteiger partial charge on any atom is 0.192 e. The molecule has 12 heavy (non-hydrogen) atoms. The number of hydrogen-bond donors (Lipinski definition) is 0. The Labute approximate surface area is 74.6 Å². The average molecular weight is 170 g/mol. The summed E-state index contributed by atoms with van der Waals surface area (Å²) >= 11 is 0. The van der Waals surface area contributed by atoms with Crippen LogP contribution in [-0.2, 0) is 9.47 Å². The van der Waals surface area contributed by atoms with E-state index in [9.17, 15) is 0 Å². The third-order valence-electron chi connectivity index (χ3n) is 2.28. The van der Waals surface area contributed by atoms with Crippen LogP contribution in [0.2, 0.25) is 0 Å². The SMILES string of the molecule is C=C(C)C1(C(C)C)OCCCO1. The van der Waals surface area contributed by atoms with E-state index in [2.05, 4.69) is 20.4 Å². The summed E-state index contributed by atoms with van der Waals surface area (Å²) in [6.07, 6.45) is 0.988. The maximum absolute atomic E-state index is 5.67. The van der Waals surface area contributed by atoms with E-state index < -0.39 is 5.79 Å². The molecule has 0 atom stereocenters. The standard InChI is InChI=1S/C10H18O2/c1-8(2)10(9(3)4)11-6-5-7-12-10/h9H,1,5-7H2,2-4H3. The highest BCUT2D eigenvalue weighted by atomic mass is 16.7. The first-order valence-corrected chi connectivity index (χ1v) is 4.53. The fourth-order valence-electron chi connectivity index (χ4n) is 1.62. The van der Waals surface area contributed by atoms with Crippen LogP contribution in [-0.4, -0.2) is 19.0 Å². The summed E-state index contributed by atoms with van der Waals surface area (Å²) in [4.78, 5) is 0. The molecule has 1 aliphatic rings. The summed E-state index contributed by atoms with van der Waals surface area (Å²) in [7, 11) is 0. The van der Waals surface area contributed by atoms with Crippen LogP contribution in [0.25, 0.3) is 0 Å². The summed E-state index contributed by atoms with van der Waals surface area (Å²) < 4.78 is 11.3. The van der Waals surface area contributed by atoms with Gasteiger partial charge in [0.2, 0.25) is 0 Å². The van der Waals surface area contributed by atoms with E-state index >= 15 is 0 Å². The van der Waals surface area contributed by atoms with Crippen molar-refractivity contribution in [3.05, 3.63) is 12.2 Å². The molecule has 1 heterocycles. The van der Waals surface area contributed by atoms with Crippen LogP contribution in [0.5, 0.6) is 0 Å². The van der Waals surface area contributed by atoms with Crippen molar-refractivity contribution in [2.45, 2.75) is 33.0 Å². The minimum Gasteiger partial charge on any atom is -0.346 e. The smallest absolute Gasteiger partial charge is 0.192 e. The van der Waals surface area contributed by atoms with E-state index in [0.717, 1.165) is 25.2 Å². The Kier molecular flexibility index (Phi) is 2.91. The molecule has 0 aromatic rings. The predicted octanol–water partition coefficient (Wildman–Crippen LogP) is 2.35. The molecule has 2 nitrogen and oxygen atoms in total. The summed E-state index contributed by atoms with van der Waals surface area (Å²) in [6.45, 7) is 11.6. The summed E-state index contributed by atoms with van der Waals surface area (Å²) in [5.41, 5.74) is 0.970. The first-order valence-electron chi connectivity index (χ1n) is 4.53. The topological polar surface area (TPSA) is 18.5 Å². The van der Waals surface area contributed by atoms with Gasteiger partial charge in [-0.25, -0.2) is 0 Å². The van der Waals surface area contributed by atoms with Gasteiger partial charge in [0.15, 0.2) is 5.79 Å². The molecule has 0 aromatic carbocycles. The van der Waals surface area contributed by atoms with Gasteiger partial charge in [0.25, 0.3) is 0 Å². The lowest BCUT2D eigenvalue weighted by Crippen LogP contribution is -2.45. The molecule has 0 saturated carbocycles. The van der Waals surface area contributed by atoms with Crippen molar-refractivity contribution < 1.29 is 9.47 Å². The molecule has 70 valence electrons. The highest BCUT2D eigenvalue weighted by Gasteiger charge is 2.38. The zero-order valence-electron chi connectivity index (χ0n) is 8.22. The quantitative estimate of drug-likeness (QED) is 0.592. The normalized spacial score (nSPS) is 22.7. The Morgan fingerprint density at radius 1 is 1.33 bits per heavy atom. The van der Waals surface area contributed by atoms with Crippen molar-refractivity contribution in [1.29, 1.82) is 0 Å². The van der Waals surface area contributed by atoms with E-state index in [1.165, 1.54) is 0 Å². The van der Waals surface area contributed by atoms with E-state index in [0.29, 0.717) is 5.92 Å². The third kappa shape index (κ3) is 1.54. The van der Waals surface area contributed by atoms with Gasteiger partial charge in [0, 0.05) is 5.92 Å². The van der Waals surface area contributed by atoms with E-state index in [-0.39, 0.29) is 0 Å². The molecule has 1 rings (SSSR count). The Morgan fingerprint density at radius 3 is 2.08 bits per heavy atom. The van der Waals surface area contributed by atoms with Gasteiger partial charge >= 0.3 is 0 Å². The molecule has 0 N–H and O–H groups in total. The maximum atomic E-state index is 5.67. The second-order valence-electron chi connectivity index (χ2n) is 3.65. The lowest BCUT2D eigenvalue weighted by atomic mass is 9.95. The molecule has 1 saturated heterocycles. The molecule has 0 aromatic heterocycles. The zero-order chi connectivity index (χ0) is 9.19. The van der Waals surface area contributed by atoms with Gasteiger partial charge in [0.05, 0.1) is 13.2 Å². The second-order valence-corrected chi connectivity index (χ2v) is 3.65. The first kappa shape index (κ1) is 9.75. The van der Waals surface area contributed by atoms with Crippen LogP contribution in [0.3, 0.4) is 0 Å². The van der Waals surface area contributed by atoms with Crippen LogP contribution in [0.1, 0.15) is 27.2 Å². The van der Waals surface area contributed by atoms with Crippen LogP contribution in [0, 0.1) is 5.92 Å². The van der Waals surface area contributed by atoms with E-state index in [1.54, 1.807) is 0 Å². The Balaban J connectivity index is 2.77. The van der Waals surface area contributed by atoms with Crippen molar-refractivity contribution in [2.75, 3.05) is 13.2 Å². The minimum atomic E-state index is -0.516. The third-order valence-corrected chi connectivity index (χ3v) is 2.28. The molecule has 1 fully saturated rings. The molecule has 0 amide bonds. The monoisotopic (exact) mass is 170 g/mol. The first-order chi connectivity index (χ1) is 5.59. The molecule has 1 aliphatic heterocycles.